The summed E-state index contributed by atoms with van der Waals surface area (Å²) in [6.45, 7) is 4.12. The van der Waals surface area contributed by atoms with E-state index in [4.69, 9.17) is 0 Å². The van der Waals surface area contributed by atoms with Crippen LogP contribution in [0, 0.1) is 17.3 Å². The van der Waals surface area contributed by atoms with Gasteiger partial charge in [-0.2, -0.15) is 0 Å². The van der Waals surface area contributed by atoms with Crippen LogP contribution in [0.15, 0.2) is 48.6 Å². The zero-order chi connectivity index (χ0) is 15.8. The molecule has 1 fully saturated rings. The molecule has 0 saturated heterocycles. The van der Waals surface area contributed by atoms with E-state index in [1.807, 2.05) is 36.5 Å². The van der Waals surface area contributed by atoms with Crippen molar-refractivity contribution < 1.29 is 10.2 Å². The Balaban J connectivity index is 2.13. The normalized spacial score (nSPS) is 43.5. The van der Waals surface area contributed by atoms with Gasteiger partial charge in [0.05, 0.1) is 11.2 Å². The van der Waals surface area contributed by atoms with Gasteiger partial charge in [0.15, 0.2) is 0 Å². The highest BCUT2D eigenvalue weighted by molar-refractivity contribution is 5.34. The van der Waals surface area contributed by atoms with Crippen LogP contribution in [0.25, 0.3) is 0 Å². The summed E-state index contributed by atoms with van der Waals surface area (Å²) >= 11 is 0. The molecule has 2 heteroatoms. The van der Waals surface area contributed by atoms with Crippen LogP contribution in [0.3, 0.4) is 0 Å². The Hall–Kier alpha value is -1.12. The maximum absolute atomic E-state index is 11.7. The van der Waals surface area contributed by atoms with Gasteiger partial charge >= 0.3 is 0 Å². The van der Waals surface area contributed by atoms with E-state index in [1.54, 1.807) is 0 Å². The Morgan fingerprint density at radius 2 is 1.18 bits per heavy atom. The lowest BCUT2D eigenvalue weighted by molar-refractivity contribution is -0.197. The van der Waals surface area contributed by atoms with Crippen molar-refractivity contribution in [1.82, 2.24) is 0 Å². The van der Waals surface area contributed by atoms with Gasteiger partial charge in [0.25, 0.3) is 0 Å². The topological polar surface area (TPSA) is 40.5 Å². The summed E-state index contributed by atoms with van der Waals surface area (Å²) in [5.74, 6) is 0.0114. The van der Waals surface area contributed by atoms with Gasteiger partial charge in [0.1, 0.15) is 0 Å². The first-order valence-electron chi connectivity index (χ1n) is 8.63. The van der Waals surface area contributed by atoms with Crippen LogP contribution in [-0.2, 0) is 0 Å². The Bertz CT molecular complexity index is 494. The molecule has 2 nitrogen and oxygen atoms in total. The zero-order valence-corrected chi connectivity index (χ0v) is 13.7. The second kappa shape index (κ2) is 5.50. The van der Waals surface area contributed by atoms with Gasteiger partial charge in [0.2, 0.25) is 0 Å². The molecule has 0 unspecified atom stereocenters. The van der Waals surface area contributed by atoms with E-state index in [2.05, 4.69) is 26.0 Å². The summed E-state index contributed by atoms with van der Waals surface area (Å²) in [4.78, 5) is 0. The van der Waals surface area contributed by atoms with Crippen LogP contribution in [0.1, 0.15) is 46.0 Å². The van der Waals surface area contributed by atoms with E-state index in [9.17, 15) is 10.2 Å². The van der Waals surface area contributed by atoms with E-state index >= 15 is 0 Å². The molecule has 22 heavy (non-hydrogen) atoms. The molecule has 3 aliphatic rings. The Morgan fingerprint density at radius 3 is 1.59 bits per heavy atom. The van der Waals surface area contributed by atoms with Gasteiger partial charge in [-0.15, -0.1) is 0 Å². The minimum absolute atomic E-state index is 0.00568. The molecule has 3 rings (SSSR count). The van der Waals surface area contributed by atoms with Crippen LogP contribution in [0.5, 0.6) is 0 Å². The van der Waals surface area contributed by atoms with Crippen molar-refractivity contribution in [3.8, 4) is 0 Å². The summed E-state index contributed by atoms with van der Waals surface area (Å²) in [5.41, 5.74) is -2.53. The van der Waals surface area contributed by atoms with Crippen LogP contribution < -0.4 is 0 Å². The molecule has 0 aromatic rings. The van der Waals surface area contributed by atoms with Gasteiger partial charge in [-0.1, -0.05) is 81.7 Å². The Kier molecular flexibility index (Phi) is 3.94. The quantitative estimate of drug-likeness (QED) is 0.811. The summed E-state index contributed by atoms with van der Waals surface area (Å²) in [6, 6.07) is 0. The predicted molar refractivity (Wildman–Crippen MR) is 90.3 cm³/mol. The highest BCUT2D eigenvalue weighted by Crippen LogP contribution is 2.59. The number of hydrogen-bond donors (Lipinski definition) is 2. The first-order valence-corrected chi connectivity index (χ1v) is 8.63. The molecule has 0 aromatic heterocycles. The highest BCUT2D eigenvalue weighted by Gasteiger charge is 2.63. The summed E-state index contributed by atoms with van der Waals surface area (Å²) in [5, 5.41) is 23.4. The molecule has 4 atom stereocenters. The second-order valence-electron chi connectivity index (χ2n) is 7.36. The molecule has 0 amide bonds. The second-order valence-corrected chi connectivity index (χ2v) is 7.36. The zero-order valence-electron chi connectivity index (χ0n) is 13.7. The first-order chi connectivity index (χ1) is 10.5. The van der Waals surface area contributed by atoms with Crippen molar-refractivity contribution in [2.45, 2.75) is 57.2 Å². The monoisotopic (exact) mass is 300 g/mol. The van der Waals surface area contributed by atoms with Gasteiger partial charge < -0.3 is 10.2 Å². The average molecular weight is 300 g/mol. The van der Waals surface area contributed by atoms with E-state index in [-0.39, 0.29) is 11.8 Å². The maximum Gasteiger partial charge on any atom is 0.0977 e. The third kappa shape index (κ3) is 2.00. The van der Waals surface area contributed by atoms with E-state index < -0.39 is 16.6 Å². The predicted octanol–water partition coefficient (Wildman–Crippen LogP) is 3.92. The largest absolute Gasteiger partial charge is 0.384 e. The Labute approximate surface area is 133 Å². The molecule has 120 valence electrons. The van der Waals surface area contributed by atoms with E-state index in [0.717, 1.165) is 25.7 Å². The first kappa shape index (κ1) is 15.8. The van der Waals surface area contributed by atoms with Crippen molar-refractivity contribution in [3.63, 3.8) is 0 Å². The molecular formula is C20H28O2. The van der Waals surface area contributed by atoms with Crippen molar-refractivity contribution in [2.75, 3.05) is 0 Å². The minimum Gasteiger partial charge on any atom is -0.384 e. The fourth-order valence-corrected chi connectivity index (χ4v) is 4.93. The van der Waals surface area contributed by atoms with E-state index in [0.29, 0.717) is 0 Å². The molecule has 0 aliphatic heterocycles. The molecule has 0 heterocycles. The Morgan fingerprint density at radius 1 is 0.727 bits per heavy atom. The van der Waals surface area contributed by atoms with Crippen LogP contribution in [-0.4, -0.2) is 21.4 Å². The number of aliphatic hydroxyl groups is 2. The average Bonchev–Trinajstić information content (AvgIpc) is 2.54. The molecule has 3 aliphatic carbocycles. The molecule has 0 radical (unpaired) electrons. The summed E-state index contributed by atoms with van der Waals surface area (Å²) < 4.78 is 0. The lowest BCUT2D eigenvalue weighted by atomic mass is 9.48. The van der Waals surface area contributed by atoms with Gasteiger partial charge in [-0.05, 0) is 12.8 Å². The van der Waals surface area contributed by atoms with Crippen molar-refractivity contribution in [2.24, 2.45) is 17.3 Å². The molecule has 0 spiro atoms. The number of rotatable bonds is 2. The smallest absolute Gasteiger partial charge is 0.0977 e. The minimum atomic E-state index is -0.999. The van der Waals surface area contributed by atoms with Gasteiger partial charge in [0, 0.05) is 17.3 Å². The molecular weight excluding hydrogens is 272 g/mol. The van der Waals surface area contributed by atoms with Gasteiger partial charge in [-0.3, -0.25) is 0 Å². The molecule has 0 aromatic carbocycles. The number of allylic oxidation sites excluding steroid dienone is 4. The lowest BCUT2D eigenvalue weighted by Crippen LogP contribution is -2.66. The third-order valence-corrected chi connectivity index (χ3v) is 6.35. The fourth-order valence-electron chi connectivity index (χ4n) is 4.93. The van der Waals surface area contributed by atoms with Gasteiger partial charge in [-0.25, -0.2) is 0 Å². The standard InChI is InChI=1S/C20H28O2/c1-16-10-4-8-14-19(16,21)18(12-6-3-7-13-18)20(22)15-9-5-11-17(20)2/h4-5,8-11,14-17,21-22H,3,6-7,12-13H2,1-2H3/t16-,17-,19-,20+/m1/s1. The molecule has 0 bridgehead atoms. The maximum atomic E-state index is 11.7. The van der Waals surface area contributed by atoms with Crippen LogP contribution in [0.2, 0.25) is 0 Å². The van der Waals surface area contributed by atoms with Crippen LogP contribution >= 0.6 is 0 Å². The number of hydrogen-bond acceptors (Lipinski definition) is 2. The SMILES string of the molecule is C[C@@H]1C=CC=C[C@]1(O)C1([C@]2(O)C=CC=C[C@H]2C)CCCCC1. The van der Waals surface area contributed by atoms with Crippen molar-refractivity contribution in [1.29, 1.82) is 0 Å². The fraction of sp³-hybridized carbons (Fsp3) is 0.600. The summed E-state index contributed by atoms with van der Waals surface area (Å²) in [7, 11) is 0. The van der Waals surface area contributed by atoms with Crippen molar-refractivity contribution in [3.05, 3.63) is 48.6 Å². The third-order valence-electron chi connectivity index (χ3n) is 6.35. The highest BCUT2D eigenvalue weighted by atomic mass is 16.3. The van der Waals surface area contributed by atoms with Crippen LogP contribution in [0.4, 0.5) is 0 Å². The lowest BCUT2D eigenvalue weighted by Gasteiger charge is -2.60. The summed E-state index contributed by atoms with van der Waals surface area (Å²) in [6.07, 6.45) is 20.9. The van der Waals surface area contributed by atoms with E-state index in [1.165, 1.54) is 6.42 Å². The molecule has 1 saturated carbocycles. The van der Waals surface area contributed by atoms with Crippen molar-refractivity contribution >= 4 is 0 Å². The molecule has 2 N–H and O–H groups in total.